The van der Waals surface area contributed by atoms with Crippen molar-refractivity contribution in [1.29, 1.82) is 0 Å². The molecule has 8 heavy (non-hydrogen) atoms. The molecule has 0 fully saturated rings. The fraction of sp³-hybridized carbons (Fsp3) is 1.00. The van der Waals surface area contributed by atoms with E-state index in [4.69, 9.17) is 20.9 Å². The molecule has 0 saturated heterocycles. The molecule has 50 valence electrons. The average Bonchev–Trinajstić information content (AvgIpc) is 1.68. The molecule has 0 heterocycles. The quantitative estimate of drug-likeness (QED) is 0.476. The van der Waals surface area contributed by atoms with Crippen molar-refractivity contribution in [2.24, 2.45) is 11.5 Å². The van der Waals surface area contributed by atoms with E-state index in [9.17, 15) is 0 Å². The van der Waals surface area contributed by atoms with Crippen molar-refractivity contribution < 1.29 is 9.47 Å². The summed E-state index contributed by atoms with van der Waals surface area (Å²) < 4.78 is 9.52. The number of hydrogen-bond donors (Lipinski definition) is 2. The van der Waals surface area contributed by atoms with Gasteiger partial charge in [-0.05, 0) is 6.92 Å². The molecule has 0 aliphatic rings. The molecule has 0 radical (unpaired) electrons. The van der Waals surface area contributed by atoms with Crippen molar-refractivity contribution in [3.8, 4) is 0 Å². The Balaban J connectivity index is 2.92. The molecule has 0 bridgehead atoms. The highest BCUT2D eigenvalue weighted by Crippen LogP contribution is 1.86. The van der Waals surface area contributed by atoms with Gasteiger partial charge in [0.05, 0.1) is 13.5 Å². The van der Waals surface area contributed by atoms with Crippen LogP contribution < -0.4 is 11.5 Å². The van der Waals surface area contributed by atoms with Crippen LogP contribution in [0, 0.1) is 0 Å². The molecule has 4 N–H and O–H groups in total. The fourth-order valence-corrected chi connectivity index (χ4v) is 0.319. The summed E-state index contributed by atoms with van der Waals surface area (Å²) in [5.74, 6) is 0. The summed E-state index contributed by atoms with van der Waals surface area (Å²) in [5.41, 5.74) is 10.0. The molecule has 0 rings (SSSR count). The third-order valence-corrected chi connectivity index (χ3v) is 0.662. The summed E-state index contributed by atoms with van der Waals surface area (Å²) in [4.78, 5) is 0. The monoisotopic (exact) mass is 120 g/mol. The molecular formula is C4H12N2O2. The highest BCUT2D eigenvalue weighted by Gasteiger charge is 1.95. The van der Waals surface area contributed by atoms with E-state index in [-0.39, 0.29) is 19.8 Å². The van der Waals surface area contributed by atoms with E-state index >= 15 is 0 Å². The summed E-state index contributed by atoms with van der Waals surface area (Å²) in [7, 11) is 0. The zero-order valence-corrected chi connectivity index (χ0v) is 4.96. The third kappa shape index (κ3) is 4.01. The smallest absolute Gasteiger partial charge is 0.158 e. The van der Waals surface area contributed by atoms with Gasteiger partial charge in [0, 0.05) is 0 Å². The lowest BCUT2D eigenvalue weighted by Crippen LogP contribution is -2.20. The van der Waals surface area contributed by atoms with E-state index in [0.29, 0.717) is 0 Å². The molecule has 0 aromatic heterocycles. The lowest BCUT2D eigenvalue weighted by Gasteiger charge is -2.09. The second-order valence-electron chi connectivity index (χ2n) is 1.23. The Morgan fingerprint density at radius 1 is 1.25 bits per heavy atom. The second-order valence-corrected chi connectivity index (χ2v) is 1.23. The Morgan fingerprint density at radius 2 is 1.62 bits per heavy atom. The molecule has 0 saturated carbocycles. The van der Waals surface area contributed by atoms with Crippen molar-refractivity contribution in [1.82, 2.24) is 0 Å². The molecular weight excluding hydrogens is 108 g/mol. The predicted octanol–water partition coefficient (Wildman–Crippen LogP) is -0.802. The van der Waals surface area contributed by atoms with Gasteiger partial charge >= 0.3 is 0 Å². The Hall–Kier alpha value is -0.160. The largest absolute Gasteiger partial charge is 0.338 e. The molecule has 0 aromatic rings. The van der Waals surface area contributed by atoms with Crippen LogP contribution in [0.25, 0.3) is 0 Å². The van der Waals surface area contributed by atoms with E-state index in [1.807, 2.05) is 0 Å². The minimum Gasteiger partial charge on any atom is -0.338 e. The standard InChI is InChI=1S/C4H12N2O2/c1-4(7-2-5)8-3-6/h4H,2-3,5-6H2,1H3. The predicted molar refractivity (Wildman–Crippen MR) is 29.7 cm³/mol. The van der Waals surface area contributed by atoms with Gasteiger partial charge in [0.2, 0.25) is 0 Å². The number of ether oxygens (including phenoxy) is 2. The summed E-state index contributed by atoms with van der Waals surface area (Å²) in [6.07, 6.45) is -0.287. The van der Waals surface area contributed by atoms with E-state index in [1.54, 1.807) is 6.92 Å². The first-order valence-corrected chi connectivity index (χ1v) is 2.44. The van der Waals surface area contributed by atoms with E-state index < -0.39 is 0 Å². The summed E-state index contributed by atoms with van der Waals surface area (Å²) in [6, 6.07) is 0. The molecule has 0 aromatic carbocycles. The van der Waals surface area contributed by atoms with Crippen LogP contribution in [0.5, 0.6) is 0 Å². The molecule has 4 nitrogen and oxygen atoms in total. The lowest BCUT2D eigenvalue weighted by atomic mass is 10.7. The van der Waals surface area contributed by atoms with Gasteiger partial charge in [-0.3, -0.25) is 0 Å². The highest BCUT2D eigenvalue weighted by atomic mass is 16.7. The summed E-state index contributed by atoms with van der Waals surface area (Å²) >= 11 is 0. The van der Waals surface area contributed by atoms with Gasteiger partial charge in [-0.1, -0.05) is 0 Å². The first kappa shape index (κ1) is 7.84. The second kappa shape index (κ2) is 4.99. The van der Waals surface area contributed by atoms with Crippen LogP contribution in [-0.2, 0) is 9.47 Å². The average molecular weight is 120 g/mol. The minimum absolute atomic E-state index is 0.168. The molecule has 0 amide bonds. The van der Waals surface area contributed by atoms with E-state index in [1.165, 1.54) is 0 Å². The van der Waals surface area contributed by atoms with Gasteiger partial charge in [0.15, 0.2) is 6.29 Å². The Labute approximate surface area is 48.7 Å². The maximum absolute atomic E-state index is 5.02. The van der Waals surface area contributed by atoms with Crippen molar-refractivity contribution in [3.05, 3.63) is 0 Å². The first-order chi connectivity index (χ1) is 3.81. The summed E-state index contributed by atoms with van der Waals surface area (Å²) in [5, 5.41) is 0. The van der Waals surface area contributed by atoms with Gasteiger partial charge in [-0.15, -0.1) is 0 Å². The Kier molecular flexibility index (Phi) is 4.89. The van der Waals surface area contributed by atoms with Gasteiger partial charge in [0.1, 0.15) is 0 Å². The van der Waals surface area contributed by atoms with Crippen molar-refractivity contribution >= 4 is 0 Å². The van der Waals surface area contributed by atoms with Crippen LogP contribution in [0.4, 0.5) is 0 Å². The third-order valence-electron chi connectivity index (χ3n) is 0.662. The SMILES string of the molecule is CC(OCN)OCN. The van der Waals surface area contributed by atoms with Crippen molar-refractivity contribution in [3.63, 3.8) is 0 Å². The zero-order valence-electron chi connectivity index (χ0n) is 4.96. The molecule has 0 unspecified atom stereocenters. The molecule has 0 spiro atoms. The highest BCUT2D eigenvalue weighted by molar-refractivity contribution is 4.25. The van der Waals surface area contributed by atoms with Gasteiger partial charge in [-0.25, -0.2) is 0 Å². The maximum atomic E-state index is 5.02. The van der Waals surface area contributed by atoms with Crippen LogP contribution in [0.15, 0.2) is 0 Å². The van der Waals surface area contributed by atoms with E-state index in [2.05, 4.69) is 0 Å². The van der Waals surface area contributed by atoms with Crippen molar-refractivity contribution in [2.75, 3.05) is 13.5 Å². The fourth-order valence-electron chi connectivity index (χ4n) is 0.319. The van der Waals surface area contributed by atoms with Crippen LogP contribution in [0.2, 0.25) is 0 Å². The Morgan fingerprint density at radius 3 is 1.88 bits per heavy atom. The van der Waals surface area contributed by atoms with Crippen LogP contribution in [0.1, 0.15) is 6.92 Å². The normalized spacial score (nSPS) is 10.5. The number of nitrogens with two attached hydrogens (primary N) is 2. The first-order valence-electron chi connectivity index (χ1n) is 2.44. The van der Waals surface area contributed by atoms with Crippen LogP contribution in [0.3, 0.4) is 0 Å². The van der Waals surface area contributed by atoms with Crippen LogP contribution in [-0.4, -0.2) is 19.8 Å². The van der Waals surface area contributed by atoms with Gasteiger partial charge < -0.3 is 20.9 Å². The van der Waals surface area contributed by atoms with E-state index in [0.717, 1.165) is 0 Å². The topological polar surface area (TPSA) is 70.5 Å². The molecule has 0 aliphatic carbocycles. The zero-order chi connectivity index (χ0) is 6.41. The molecule has 0 atom stereocenters. The summed E-state index contributed by atoms with van der Waals surface area (Å²) in [6.45, 7) is 2.07. The van der Waals surface area contributed by atoms with Crippen molar-refractivity contribution in [2.45, 2.75) is 13.2 Å². The molecule has 4 heteroatoms. The molecule has 0 aliphatic heterocycles. The lowest BCUT2D eigenvalue weighted by molar-refractivity contribution is -0.127. The van der Waals surface area contributed by atoms with Crippen LogP contribution >= 0.6 is 0 Å². The maximum Gasteiger partial charge on any atom is 0.158 e. The van der Waals surface area contributed by atoms with Gasteiger partial charge in [0.25, 0.3) is 0 Å². The minimum atomic E-state index is -0.287. The number of hydrogen-bond acceptors (Lipinski definition) is 4. The van der Waals surface area contributed by atoms with Gasteiger partial charge in [-0.2, -0.15) is 0 Å². The number of rotatable bonds is 4. The Bertz CT molecular complexity index is 45.3.